The van der Waals surface area contributed by atoms with Crippen LogP contribution < -0.4 is 5.32 Å². The van der Waals surface area contributed by atoms with Gasteiger partial charge in [0.1, 0.15) is 5.75 Å². The summed E-state index contributed by atoms with van der Waals surface area (Å²) in [6.45, 7) is 4.04. The lowest BCUT2D eigenvalue weighted by molar-refractivity contribution is -0.116. The van der Waals surface area contributed by atoms with Crippen LogP contribution in [0.1, 0.15) is 20.3 Å². The van der Waals surface area contributed by atoms with E-state index in [1.807, 2.05) is 13.8 Å². The first-order chi connectivity index (χ1) is 7.56. The first kappa shape index (κ1) is 13.0. The quantitative estimate of drug-likeness (QED) is 0.660. The van der Waals surface area contributed by atoms with E-state index in [-0.39, 0.29) is 22.4 Å². The van der Waals surface area contributed by atoms with Gasteiger partial charge in [0.25, 0.3) is 0 Å². The Labute approximate surface area is 104 Å². The Balaban J connectivity index is 2.68. The highest BCUT2D eigenvalue weighted by molar-refractivity contribution is 9.10. The van der Waals surface area contributed by atoms with Crippen LogP contribution in [-0.4, -0.2) is 15.8 Å². The number of hydrogen-bond donors (Lipinski definition) is 2. The van der Waals surface area contributed by atoms with Gasteiger partial charge in [0.05, 0.1) is 10.5 Å². The first-order valence-electron chi connectivity index (χ1n) is 5.29. The molecule has 1 aromatic rings. The number of para-hydroxylation sites is 2. The fraction of sp³-hybridized carbons (Fsp3) is 0.417. The van der Waals surface area contributed by atoms with Gasteiger partial charge in [0.15, 0.2) is 0 Å². The topological polar surface area (TPSA) is 49.3 Å². The number of halogens is 1. The smallest absolute Gasteiger partial charge is 0.238 e. The molecule has 1 aromatic carbocycles. The average Bonchev–Trinajstić information content (AvgIpc) is 2.30. The van der Waals surface area contributed by atoms with Crippen molar-refractivity contribution in [1.29, 1.82) is 0 Å². The molecule has 0 spiro atoms. The Morgan fingerprint density at radius 3 is 2.69 bits per heavy atom. The van der Waals surface area contributed by atoms with E-state index >= 15 is 0 Å². The summed E-state index contributed by atoms with van der Waals surface area (Å²) in [7, 11) is 0. The molecule has 0 bridgehead atoms. The van der Waals surface area contributed by atoms with Gasteiger partial charge >= 0.3 is 0 Å². The number of carbonyl (C=O) groups is 1. The standard InChI is InChI=1S/C12H16BrNO2/c1-3-8(2)11(13)12(16)14-9-6-4-5-7-10(9)15/h4-8,11,15H,3H2,1-2H3,(H,14,16)/t8-,11-/m1/s1. The molecule has 16 heavy (non-hydrogen) atoms. The van der Waals surface area contributed by atoms with E-state index in [1.54, 1.807) is 24.3 Å². The van der Waals surface area contributed by atoms with Crippen LogP contribution in [0.4, 0.5) is 5.69 Å². The van der Waals surface area contributed by atoms with Gasteiger partial charge in [0.2, 0.25) is 5.91 Å². The third-order valence-electron chi connectivity index (χ3n) is 2.56. The van der Waals surface area contributed by atoms with Crippen molar-refractivity contribution in [3.05, 3.63) is 24.3 Å². The molecule has 0 radical (unpaired) electrons. The number of aromatic hydroxyl groups is 1. The summed E-state index contributed by atoms with van der Waals surface area (Å²) < 4.78 is 0. The zero-order chi connectivity index (χ0) is 12.1. The van der Waals surface area contributed by atoms with E-state index in [1.165, 1.54) is 0 Å². The number of nitrogens with one attached hydrogen (secondary N) is 1. The minimum absolute atomic E-state index is 0.0831. The second-order valence-corrected chi connectivity index (χ2v) is 4.78. The molecular formula is C12H16BrNO2. The van der Waals surface area contributed by atoms with E-state index in [0.29, 0.717) is 5.69 Å². The highest BCUT2D eigenvalue weighted by atomic mass is 79.9. The molecule has 4 heteroatoms. The second kappa shape index (κ2) is 5.89. The van der Waals surface area contributed by atoms with Crippen molar-refractivity contribution in [3.63, 3.8) is 0 Å². The molecule has 2 N–H and O–H groups in total. The maximum Gasteiger partial charge on any atom is 0.238 e. The van der Waals surface area contributed by atoms with Crippen molar-refractivity contribution >= 4 is 27.5 Å². The van der Waals surface area contributed by atoms with Crippen LogP contribution in [0.15, 0.2) is 24.3 Å². The minimum Gasteiger partial charge on any atom is -0.506 e. The molecule has 0 saturated heterocycles. The number of alkyl halides is 1. The van der Waals surface area contributed by atoms with Crippen molar-refractivity contribution in [2.24, 2.45) is 5.92 Å². The van der Waals surface area contributed by atoms with Crippen LogP contribution in [0, 0.1) is 5.92 Å². The molecule has 0 aromatic heterocycles. The molecule has 88 valence electrons. The van der Waals surface area contributed by atoms with Crippen molar-refractivity contribution in [1.82, 2.24) is 0 Å². The maximum atomic E-state index is 11.8. The Morgan fingerprint density at radius 1 is 1.50 bits per heavy atom. The minimum atomic E-state index is -0.239. The van der Waals surface area contributed by atoms with E-state index in [9.17, 15) is 9.90 Å². The Hall–Kier alpha value is -1.03. The predicted molar refractivity (Wildman–Crippen MR) is 68.9 cm³/mol. The molecular weight excluding hydrogens is 270 g/mol. The van der Waals surface area contributed by atoms with Gasteiger partial charge < -0.3 is 10.4 Å². The highest BCUT2D eigenvalue weighted by Gasteiger charge is 2.21. The molecule has 1 rings (SSSR count). The fourth-order valence-corrected chi connectivity index (χ4v) is 1.73. The molecule has 0 aliphatic heterocycles. The van der Waals surface area contributed by atoms with Crippen LogP contribution in [0.3, 0.4) is 0 Å². The summed E-state index contributed by atoms with van der Waals surface area (Å²) in [6.07, 6.45) is 0.921. The first-order valence-corrected chi connectivity index (χ1v) is 6.20. The second-order valence-electron chi connectivity index (χ2n) is 3.79. The van der Waals surface area contributed by atoms with Crippen LogP contribution in [0.25, 0.3) is 0 Å². The summed E-state index contributed by atoms with van der Waals surface area (Å²) in [6, 6.07) is 6.69. The van der Waals surface area contributed by atoms with E-state index in [0.717, 1.165) is 6.42 Å². The number of anilines is 1. The zero-order valence-electron chi connectivity index (χ0n) is 9.40. The van der Waals surface area contributed by atoms with E-state index in [4.69, 9.17) is 0 Å². The molecule has 0 saturated carbocycles. The van der Waals surface area contributed by atoms with Crippen molar-refractivity contribution < 1.29 is 9.90 Å². The number of benzene rings is 1. The molecule has 1 amide bonds. The molecule has 2 atom stereocenters. The molecule has 0 aliphatic rings. The third-order valence-corrected chi connectivity index (χ3v) is 3.87. The monoisotopic (exact) mass is 285 g/mol. The largest absolute Gasteiger partial charge is 0.506 e. The van der Waals surface area contributed by atoms with Gasteiger partial charge in [-0.3, -0.25) is 4.79 Å². The molecule has 0 unspecified atom stereocenters. The van der Waals surface area contributed by atoms with Gasteiger partial charge in [-0.05, 0) is 18.1 Å². The lowest BCUT2D eigenvalue weighted by Crippen LogP contribution is -2.28. The number of hydrogen-bond acceptors (Lipinski definition) is 2. The lowest BCUT2D eigenvalue weighted by Gasteiger charge is -2.16. The van der Waals surface area contributed by atoms with Gasteiger partial charge in [-0.15, -0.1) is 0 Å². The van der Waals surface area contributed by atoms with Gasteiger partial charge in [-0.1, -0.05) is 48.3 Å². The van der Waals surface area contributed by atoms with Crippen molar-refractivity contribution in [2.75, 3.05) is 5.32 Å². The summed E-state index contributed by atoms with van der Waals surface area (Å²) in [5.74, 6) is 0.210. The normalized spacial score (nSPS) is 14.2. The van der Waals surface area contributed by atoms with Gasteiger partial charge in [0, 0.05) is 0 Å². The Morgan fingerprint density at radius 2 is 2.12 bits per heavy atom. The van der Waals surface area contributed by atoms with Crippen LogP contribution in [-0.2, 0) is 4.79 Å². The van der Waals surface area contributed by atoms with Gasteiger partial charge in [-0.2, -0.15) is 0 Å². The Kier molecular flexibility index (Phi) is 4.80. The molecule has 0 fully saturated rings. The lowest BCUT2D eigenvalue weighted by atomic mass is 10.0. The third kappa shape index (κ3) is 3.23. The zero-order valence-corrected chi connectivity index (χ0v) is 11.0. The number of carbonyl (C=O) groups excluding carboxylic acids is 1. The fourth-order valence-electron chi connectivity index (χ4n) is 1.25. The van der Waals surface area contributed by atoms with Crippen molar-refractivity contribution in [2.45, 2.75) is 25.1 Å². The predicted octanol–water partition coefficient (Wildman–Crippen LogP) is 3.14. The summed E-state index contributed by atoms with van der Waals surface area (Å²) in [4.78, 5) is 11.6. The SMILES string of the molecule is CC[C@@H](C)[C@@H](Br)C(=O)Nc1ccccc1O. The van der Waals surface area contributed by atoms with E-state index in [2.05, 4.69) is 21.2 Å². The highest BCUT2D eigenvalue weighted by Crippen LogP contribution is 2.24. The van der Waals surface area contributed by atoms with Gasteiger partial charge in [-0.25, -0.2) is 0 Å². The summed E-state index contributed by atoms with van der Waals surface area (Å²) in [5, 5.41) is 12.2. The van der Waals surface area contributed by atoms with E-state index < -0.39 is 0 Å². The van der Waals surface area contributed by atoms with Crippen LogP contribution >= 0.6 is 15.9 Å². The number of amides is 1. The Bertz CT molecular complexity index is 368. The van der Waals surface area contributed by atoms with Crippen LogP contribution in [0.2, 0.25) is 0 Å². The molecule has 3 nitrogen and oxygen atoms in total. The summed E-state index contributed by atoms with van der Waals surface area (Å²) >= 11 is 3.36. The number of phenols is 1. The molecule has 0 heterocycles. The van der Waals surface area contributed by atoms with Crippen molar-refractivity contribution in [3.8, 4) is 5.75 Å². The maximum absolute atomic E-state index is 11.8. The molecule has 0 aliphatic carbocycles. The van der Waals surface area contributed by atoms with Crippen LogP contribution in [0.5, 0.6) is 5.75 Å². The summed E-state index contributed by atoms with van der Waals surface area (Å²) in [5.41, 5.74) is 0.445. The number of phenolic OH excluding ortho intramolecular Hbond substituents is 1. The average molecular weight is 286 g/mol. The number of rotatable bonds is 4.